The summed E-state index contributed by atoms with van der Waals surface area (Å²) in [7, 11) is 4.21. The van der Waals surface area contributed by atoms with E-state index >= 15 is 0 Å². The summed E-state index contributed by atoms with van der Waals surface area (Å²) in [6, 6.07) is 4.55. The molecule has 0 fully saturated rings. The largest absolute Gasteiger partial charge is 0.308 e. The van der Waals surface area contributed by atoms with Crippen molar-refractivity contribution in [3.05, 3.63) is 23.9 Å². The summed E-state index contributed by atoms with van der Waals surface area (Å²) < 4.78 is 0. The Morgan fingerprint density at radius 3 is 2.72 bits per heavy atom. The van der Waals surface area contributed by atoms with Crippen LogP contribution in [0.3, 0.4) is 0 Å². The van der Waals surface area contributed by atoms with Crippen molar-refractivity contribution in [1.29, 1.82) is 0 Å². The minimum absolute atomic E-state index is 0.521. The lowest BCUT2D eigenvalue weighted by Crippen LogP contribution is -2.39. The molecule has 0 amide bonds. The second kappa shape index (κ2) is 7.31. The number of hydrogen-bond acceptors (Lipinski definition) is 5. The third kappa shape index (κ3) is 4.60. The molecule has 0 saturated carbocycles. The van der Waals surface area contributed by atoms with Crippen molar-refractivity contribution in [3.8, 4) is 0 Å². The maximum Gasteiger partial charge on any atom is 0.140 e. The molecule has 0 aliphatic carbocycles. The summed E-state index contributed by atoms with van der Waals surface area (Å²) in [6.45, 7) is 7.45. The Morgan fingerprint density at radius 1 is 1.44 bits per heavy atom. The van der Waals surface area contributed by atoms with Crippen LogP contribution in [-0.2, 0) is 6.54 Å². The Hall–Kier alpha value is -1.17. The predicted octanol–water partition coefficient (Wildman–Crippen LogP) is 1.14. The fourth-order valence-corrected chi connectivity index (χ4v) is 2.11. The van der Waals surface area contributed by atoms with Crippen LogP contribution in [0, 0.1) is 0 Å². The van der Waals surface area contributed by atoms with Gasteiger partial charge in [-0.1, -0.05) is 6.92 Å². The number of anilines is 1. The van der Waals surface area contributed by atoms with E-state index in [-0.39, 0.29) is 0 Å². The van der Waals surface area contributed by atoms with Crippen molar-refractivity contribution in [2.75, 3.05) is 32.6 Å². The molecule has 102 valence electrons. The van der Waals surface area contributed by atoms with E-state index in [4.69, 9.17) is 5.84 Å². The Morgan fingerprint density at radius 2 is 2.17 bits per heavy atom. The number of nitrogens with one attached hydrogen (secondary N) is 1. The maximum atomic E-state index is 5.37. The van der Waals surface area contributed by atoms with Crippen molar-refractivity contribution in [3.63, 3.8) is 0 Å². The van der Waals surface area contributed by atoms with E-state index in [2.05, 4.69) is 48.2 Å². The second-order valence-corrected chi connectivity index (χ2v) is 4.87. The van der Waals surface area contributed by atoms with Crippen LogP contribution >= 0.6 is 0 Å². The van der Waals surface area contributed by atoms with Crippen molar-refractivity contribution < 1.29 is 0 Å². The van der Waals surface area contributed by atoms with Gasteiger partial charge in [0.2, 0.25) is 0 Å². The molecule has 1 atom stereocenters. The van der Waals surface area contributed by atoms with Crippen LogP contribution in [0.25, 0.3) is 0 Å². The normalized spacial score (nSPS) is 13.1. The minimum atomic E-state index is 0.521. The average molecular weight is 251 g/mol. The Balaban J connectivity index is 2.66. The molecule has 0 radical (unpaired) electrons. The molecule has 5 heteroatoms. The first-order chi connectivity index (χ1) is 8.56. The third-order valence-corrected chi connectivity index (χ3v) is 3.02. The maximum absolute atomic E-state index is 5.37. The molecule has 0 bridgehead atoms. The number of nitrogens with two attached hydrogens (primary N) is 1. The van der Waals surface area contributed by atoms with Gasteiger partial charge < -0.3 is 10.3 Å². The molecule has 0 saturated heterocycles. The van der Waals surface area contributed by atoms with Crippen molar-refractivity contribution in [2.45, 2.75) is 26.4 Å². The SMILES string of the molecule is CCN(Cc1ccnc(NN)c1)C(C)CN(C)C. The van der Waals surface area contributed by atoms with Crippen molar-refractivity contribution in [1.82, 2.24) is 14.8 Å². The van der Waals surface area contributed by atoms with Gasteiger partial charge in [0.15, 0.2) is 0 Å². The monoisotopic (exact) mass is 251 g/mol. The Kier molecular flexibility index (Phi) is 6.04. The topological polar surface area (TPSA) is 57.4 Å². The standard InChI is InChI=1S/C13H25N5/c1-5-18(11(2)9-17(3)4)10-12-6-7-15-13(8-12)16-14/h6-8,11H,5,9-10,14H2,1-4H3,(H,15,16). The molecule has 0 aliphatic heterocycles. The van der Waals surface area contributed by atoms with Gasteiger partial charge in [-0.2, -0.15) is 0 Å². The minimum Gasteiger partial charge on any atom is -0.308 e. The van der Waals surface area contributed by atoms with Crippen LogP contribution in [0.5, 0.6) is 0 Å². The number of nitrogen functional groups attached to an aromatic ring is 1. The van der Waals surface area contributed by atoms with Gasteiger partial charge in [-0.25, -0.2) is 10.8 Å². The van der Waals surface area contributed by atoms with E-state index in [1.54, 1.807) is 6.20 Å². The lowest BCUT2D eigenvalue weighted by atomic mass is 10.2. The predicted molar refractivity (Wildman–Crippen MR) is 76.1 cm³/mol. The molecule has 1 heterocycles. The highest BCUT2D eigenvalue weighted by atomic mass is 15.2. The molecule has 0 aromatic carbocycles. The summed E-state index contributed by atoms with van der Waals surface area (Å²) in [4.78, 5) is 8.78. The number of rotatable bonds is 7. The fourth-order valence-electron chi connectivity index (χ4n) is 2.11. The lowest BCUT2D eigenvalue weighted by Gasteiger charge is -2.30. The highest BCUT2D eigenvalue weighted by Gasteiger charge is 2.13. The molecular weight excluding hydrogens is 226 g/mol. The number of aromatic nitrogens is 1. The first kappa shape index (κ1) is 14.9. The van der Waals surface area contributed by atoms with E-state index in [1.807, 2.05) is 12.1 Å². The van der Waals surface area contributed by atoms with Gasteiger partial charge >= 0.3 is 0 Å². The summed E-state index contributed by atoms with van der Waals surface area (Å²) in [5.41, 5.74) is 3.81. The average Bonchev–Trinajstić information content (AvgIpc) is 2.35. The zero-order valence-electron chi connectivity index (χ0n) is 11.8. The quantitative estimate of drug-likeness (QED) is 0.562. The van der Waals surface area contributed by atoms with E-state index < -0.39 is 0 Å². The summed E-state index contributed by atoms with van der Waals surface area (Å²) >= 11 is 0. The zero-order valence-corrected chi connectivity index (χ0v) is 11.8. The van der Waals surface area contributed by atoms with Gasteiger partial charge in [0, 0.05) is 25.3 Å². The molecular formula is C13H25N5. The first-order valence-corrected chi connectivity index (χ1v) is 6.37. The molecule has 0 aliphatic rings. The summed E-state index contributed by atoms with van der Waals surface area (Å²) in [5, 5.41) is 0. The zero-order chi connectivity index (χ0) is 13.5. The van der Waals surface area contributed by atoms with Crippen LogP contribution in [0.15, 0.2) is 18.3 Å². The van der Waals surface area contributed by atoms with Gasteiger partial charge in [-0.3, -0.25) is 4.90 Å². The second-order valence-electron chi connectivity index (χ2n) is 4.87. The Bertz CT molecular complexity index is 353. The van der Waals surface area contributed by atoms with Crippen LogP contribution in [0.1, 0.15) is 19.4 Å². The molecule has 18 heavy (non-hydrogen) atoms. The van der Waals surface area contributed by atoms with E-state index in [9.17, 15) is 0 Å². The van der Waals surface area contributed by atoms with Crippen LogP contribution < -0.4 is 11.3 Å². The number of hydrazine groups is 1. The third-order valence-electron chi connectivity index (χ3n) is 3.02. The number of likely N-dealkylation sites (N-methyl/N-ethyl adjacent to an activating group) is 2. The van der Waals surface area contributed by atoms with Gasteiger partial charge in [-0.05, 0) is 45.3 Å². The number of nitrogens with zero attached hydrogens (tertiary/aromatic N) is 3. The van der Waals surface area contributed by atoms with Crippen molar-refractivity contribution in [2.24, 2.45) is 5.84 Å². The van der Waals surface area contributed by atoms with Gasteiger partial charge in [-0.15, -0.1) is 0 Å². The van der Waals surface area contributed by atoms with Gasteiger partial charge in [0.05, 0.1) is 0 Å². The van der Waals surface area contributed by atoms with Crippen LogP contribution in [0.2, 0.25) is 0 Å². The van der Waals surface area contributed by atoms with E-state index in [0.29, 0.717) is 11.9 Å². The molecule has 1 aromatic rings. The van der Waals surface area contributed by atoms with Crippen LogP contribution in [-0.4, -0.2) is 48.0 Å². The number of hydrogen-bond donors (Lipinski definition) is 2. The smallest absolute Gasteiger partial charge is 0.140 e. The Labute approximate surface area is 110 Å². The van der Waals surface area contributed by atoms with Crippen LogP contribution in [0.4, 0.5) is 5.82 Å². The first-order valence-electron chi connectivity index (χ1n) is 6.37. The van der Waals surface area contributed by atoms with Crippen molar-refractivity contribution >= 4 is 5.82 Å². The molecule has 1 aromatic heterocycles. The molecule has 1 unspecified atom stereocenters. The van der Waals surface area contributed by atoms with Gasteiger partial charge in [0.25, 0.3) is 0 Å². The molecule has 1 rings (SSSR count). The van der Waals surface area contributed by atoms with E-state index in [0.717, 1.165) is 19.6 Å². The summed E-state index contributed by atoms with van der Waals surface area (Å²) in [5.74, 6) is 6.09. The fraction of sp³-hybridized carbons (Fsp3) is 0.615. The van der Waals surface area contributed by atoms with E-state index in [1.165, 1.54) is 5.56 Å². The lowest BCUT2D eigenvalue weighted by molar-refractivity contribution is 0.174. The highest BCUT2D eigenvalue weighted by molar-refractivity contribution is 5.35. The summed E-state index contributed by atoms with van der Waals surface area (Å²) in [6.07, 6.45) is 1.79. The molecule has 3 N–H and O–H groups in total. The molecule has 5 nitrogen and oxygen atoms in total. The number of pyridine rings is 1. The molecule has 0 spiro atoms. The highest BCUT2D eigenvalue weighted by Crippen LogP contribution is 2.11. The van der Waals surface area contributed by atoms with Gasteiger partial charge in [0.1, 0.15) is 5.82 Å².